The number of hydrogen-bond donors (Lipinski definition) is 3. The summed E-state index contributed by atoms with van der Waals surface area (Å²) in [6, 6.07) is 4.25. The number of rotatable bonds is 5. The molecule has 3 atom stereocenters. The average molecular weight is 375 g/mol. The third kappa shape index (κ3) is 4.05. The van der Waals surface area contributed by atoms with Crippen molar-refractivity contribution in [2.45, 2.75) is 50.2 Å². The van der Waals surface area contributed by atoms with Crippen LogP contribution in [0.1, 0.15) is 31.2 Å². The maximum Gasteiger partial charge on any atom is 0.326 e. The highest BCUT2D eigenvalue weighted by molar-refractivity contribution is 5.92. The molecule has 0 bridgehead atoms. The van der Waals surface area contributed by atoms with E-state index in [0.29, 0.717) is 45.2 Å². The first-order valence-electron chi connectivity index (χ1n) is 9.25. The summed E-state index contributed by atoms with van der Waals surface area (Å²) >= 11 is 0. The van der Waals surface area contributed by atoms with Crippen molar-refractivity contribution in [3.63, 3.8) is 0 Å². The summed E-state index contributed by atoms with van der Waals surface area (Å²) < 4.78 is 0. The van der Waals surface area contributed by atoms with E-state index < -0.39 is 24.1 Å². The molecule has 2 amide bonds. The summed E-state index contributed by atoms with van der Waals surface area (Å²) in [6.07, 6.45) is 2.63. The fraction of sp³-hybridized carbons (Fsp3) is 0.526. The second kappa shape index (κ2) is 7.96. The number of phenolic OH excluding ortho intramolecular Hbond substituents is 1. The van der Waals surface area contributed by atoms with E-state index in [1.807, 2.05) is 0 Å². The van der Waals surface area contributed by atoms with Gasteiger partial charge in [0.25, 0.3) is 0 Å². The van der Waals surface area contributed by atoms with Gasteiger partial charge in [0.2, 0.25) is 11.8 Å². The van der Waals surface area contributed by atoms with E-state index >= 15 is 0 Å². The average Bonchev–Trinajstić information content (AvgIpc) is 3.31. The van der Waals surface area contributed by atoms with Gasteiger partial charge in [0.1, 0.15) is 17.8 Å². The molecule has 3 rings (SSSR count). The van der Waals surface area contributed by atoms with Gasteiger partial charge in [-0.05, 0) is 49.8 Å². The maximum atomic E-state index is 12.9. The quantitative estimate of drug-likeness (QED) is 0.681. The molecular weight excluding hydrogens is 350 g/mol. The predicted octanol–water partition coefficient (Wildman–Crippen LogP) is 0.329. The minimum atomic E-state index is -0.999. The highest BCUT2D eigenvalue weighted by atomic mass is 16.4. The van der Waals surface area contributed by atoms with Crippen LogP contribution < -0.4 is 5.73 Å². The van der Waals surface area contributed by atoms with E-state index in [2.05, 4.69) is 0 Å². The minimum absolute atomic E-state index is 0.141. The van der Waals surface area contributed by atoms with Gasteiger partial charge in [-0.15, -0.1) is 0 Å². The van der Waals surface area contributed by atoms with Gasteiger partial charge in [-0.25, -0.2) is 4.79 Å². The largest absolute Gasteiger partial charge is 0.508 e. The highest BCUT2D eigenvalue weighted by Crippen LogP contribution is 2.25. The molecule has 0 spiro atoms. The molecule has 0 saturated carbocycles. The number of hydrogen-bond acceptors (Lipinski definition) is 5. The first kappa shape index (κ1) is 19.2. The fourth-order valence-electron chi connectivity index (χ4n) is 3.95. The van der Waals surface area contributed by atoms with Crippen molar-refractivity contribution in [1.29, 1.82) is 0 Å². The lowest BCUT2D eigenvalue weighted by Gasteiger charge is -2.31. The van der Waals surface area contributed by atoms with Crippen molar-refractivity contribution in [3.8, 4) is 5.75 Å². The molecule has 1 aromatic rings. The molecule has 2 aliphatic heterocycles. The van der Waals surface area contributed by atoms with Gasteiger partial charge in [-0.2, -0.15) is 0 Å². The molecule has 2 saturated heterocycles. The first-order valence-corrected chi connectivity index (χ1v) is 9.25. The molecule has 0 unspecified atom stereocenters. The molecule has 8 nitrogen and oxygen atoms in total. The SMILES string of the molecule is N[C@@H](Cc1ccc(O)cc1)C(=O)N1CCC[C@H]1C(=O)N1CCC[C@H]1C(=O)O. The van der Waals surface area contributed by atoms with Crippen LogP contribution in [0.5, 0.6) is 5.75 Å². The van der Waals surface area contributed by atoms with Crippen LogP contribution in [0.15, 0.2) is 24.3 Å². The molecule has 1 aromatic carbocycles. The van der Waals surface area contributed by atoms with Gasteiger partial charge in [0.15, 0.2) is 0 Å². The van der Waals surface area contributed by atoms with Crippen LogP contribution in [0, 0.1) is 0 Å². The molecule has 27 heavy (non-hydrogen) atoms. The van der Waals surface area contributed by atoms with Crippen molar-refractivity contribution in [3.05, 3.63) is 29.8 Å². The van der Waals surface area contributed by atoms with Crippen LogP contribution in [0.4, 0.5) is 0 Å². The van der Waals surface area contributed by atoms with Gasteiger partial charge < -0.3 is 25.7 Å². The van der Waals surface area contributed by atoms with Gasteiger partial charge in [0, 0.05) is 13.1 Å². The van der Waals surface area contributed by atoms with Crippen LogP contribution >= 0.6 is 0 Å². The fourth-order valence-corrected chi connectivity index (χ4v) is 3.95. The minimum Gasteiger partial charge on any atom is -0.508 e. The Balaban J connectivity index is 1.67. The number of phenols is 1. The number of nitrogens with zero attached hydrogens (tertiary/aromatic N) is 2. The summed E-state index contributed by atoms with van der Waals surface area (Å²) in [5, 5.41) is 18.7. The van der Waals surface area contributed by atoms with E-state index in [-0.39, 0.29) is 17.6 Å². The number of carbonyl (C=O) groups excluding carboxylic acids is 2. The Morgan fingerprint density at radius 3 is 2.26 bits per heavy atom. The smallest absolute Gasteiger partial charge is 0.326 e. The Morgan fingerprint density at radius 1 is 1.04 bits per heavy atom. The summed E-state index contributed by atoms with van der Waals surface area (Å²) in [4.78, 5) is 40.0. The van der Waals surface area contributed by atoms with E-state index in [4.69, 9.17) is 5.73 Å². The lowest BCUT2D eigenvalue weighted by molar-refractivity contribution is -0.152. The van der Waals surface area contributed by atoms with E-state index in [1.165, 1.54) is 21.9 Å². The number of carboxylic acid groups (broad SMARTS) is 1. The van der Waals surface area contributed by atoms with Gasteiger partial charge >= 0.3 is 5.97 Å². The van der Waals surface area contributed by atoms with Gasteiger partial charge in [-0.1, -0.05) is 12.1 Å². The summed E-state index contributed by atoms with van der Waals surface area (Å²) in [5.41, 5.74) is 6.91. The number of carbonyl (C=O) groups is 3. The Labute approximate surface area is 157 Å². The predicted molar refractivity (Wildman–Crippen MR) is 96.9 cm³/mol. The third-order valence-corrected chi connectivity index (χ3v) is 5.35. The topological polar surface area (TPSA) is 124 Å². The van der Waals surface area contributed by atoms with E-state index in [0.717, 1.165) is 5.56 Å². The zero-order valence-electron chi connectivity index (χ0n) is 15.1. The van der Waals surface area contributed by atoms with Gasteiger partial charge in [0.05, 0.1) is 6.04 Å². The molecule has 0 radical (unpaired) electrons. The Morgan fingerprint density at radius 2 is 1.63 bits per heavy atom. The van der Waals surface area contributed by atoms with Gasteiger partial charge in [-0.3, -0.25) is 9.59 Å². The van der Waals surface area contributed by atoms with Crippen molar-refractivity contribution in [2.24, 2.45) is 5.73 Å². The molecule has 2 fully saturated rings. The monoisotopic (exact) mass is 375 g/mol. The van der Waals surface area contributed by atoms with Crippen molar-refractivity contribution in [2.75, 3.05) is 13.1 Å². The molecular formula is C19H25N3O5. The molecule has 4 N–H and O–H groups in total. The summed E-state index contributed by atoms with van der Waals surface area (Å²) in [5.74, 6) is -1.45. The Bertz CT molecular complexity index is 721. The second-order valence-electron chi connectivity index (χ2n) is 7.19. The molecule has 146 valence electrons. The molecule has 2 aliphatic rings. The molecule has 8 heteroatoms. The van der Waals surface area contributed by atoms with Crippen LogP contribution in [0.25, 0.3) is 0 Å². The van der Waals surface area contributed by atoms with Crippen molar-refractivity contribution >= 4 is 17.8 Å². The lowest BCUT2D eigenvalue weighted by atomic mass is 10.0. The zero-order chi connectivity index (χ0) is 19.6. The van der Waals surface area contributed by atoms with Crippen LogP contribution in [0.2, 0.25) is 0 Å². The summed E-state index contributed by atoms with van der Waals surface area (Å²) in [6.45, 7) is 0.859. The van der Waals surface area contributed by atoms with E-state index in [1.54, 1.807) is 12.1 Å². The van der Waals surface area contributed by atoms with E-state index in [9.17, 15) is 24.6 Å². The van der Waals surface area contributed by atoms with Crippen LogP contribution in [-0.4, -0.2) is 69.0 Å². The standard InChI is InChI=1S/C19H25N3O5/c20-14(11-12-5-7-13(23)8-6-12)17(24)21-9-1-3-15(21)18(25)22-10-2-4-16(22)19(26)27/h5-8,14-16,23H,1-4,9-11,20H2,(H,26,27)/t14-,15-,16-/m0/s1. The maximum absolute atomic E-state index is 12.9. The second-order valence-corrected chi connectivity index (χ2v) is 7.19. The number of benzene rings is 1. The zero-order valence-corrected chi connectivity index (χ0v) is 15.1. The van der Waals surface area contributed by atoms with Crippen LogP contribution in [-0.2, 0) is 20.8 Å². The number of aromatic hydroxyl groups is 1. The Kier molecular flexibility index (Phi) is 5.65. The number of nitrogens with two attached hydrogens (primary N) is 1. The van der Waals surface area contributed by atoms with Crippen molar-refractivity contribution < 1.29 is 24.6 Å². The Hall–Kier alpha value is -2.61. The number of aliphatic carboxylic acids is 1. The van der Waals surface area contributed by atoms with Crippen LogP contribution in [0.3, 0.4) is 0 Å². The lowest BCUT2D eigenvalue weighted by Crippen LogP contribution is -2.54. The normalized spacial score (nSPS) is 23.4. The molecule has 0 aliphatic carbocycles. The number of likely N-dealkylation sites (tertiary alicyclic amines) is 2. The molecule has 0 aromatic heterocycles. The first-order chi connectivity index (χ1) is 12.9. The number of carboxylic acids is 1. The third-order valence-electron chi connectivity index (χ3n) is 5.35. The highest BCUT2D eigenvalue weighted by Gasteiger charge is 2.42. The number of amides is 2. The summed E-state index contributed by atoms with van der Waals surface area (Å²) in [7, 11) is 0. The van der Waals surface area contributed by atoms with Crippen molar-refractivity contribution in [1.82, 2.24) is 9.80 Å². The molecule has 2 heterocycles.